The highest BCUT2D eigenvalue weighted by molar-refractivity contribution is 5.95. The van der Waals surface area contributed by atoms with Crippen molar-refractivity contribution in [1.29, 1.82) is 5.26 Å². The average molecular weight is 425 g/mol. The fraction of sp³-hybridized carbons (Fsp3) is 0.333. The standard InChI is InChI=1S/C21H21F2N7O/c1-28(2)21(31)14-3-4-17(15(22)7-14)27-19-18-16(23)10-30(20(18)26-12-25-19)9-13-5-6-29(8-13)11-24/h3-4,7,10,12-13H,5-6,8-9H2,1-2H3,(H,25,26,27)/t13-/m0/s1. The number of hydrogen-bond acceptors (Lipinski definition) is 6. The summed E-state index contributed by atoms with van der Waals surface area (Å²) in [6, 6.07) is 4.05. The van der Waals surface area contributed by atoms with Crippen molar-refractivity contribution in [3.63, 3.8) is 0 Å². The van der Waals surface area contributed by atoms with E-state index in [0.717, 1.165) is 12.5 Å². The molecule has 1 aliphatic rings. The van der Waals surface area contributed by atoms with Gasteiger partial charge < -0.3 is 19.7 Å². The second kappa shape index (κ2) is 8.18. The molecule has 4 rings (SSSR count). The number of anilines is 2. The highest BCUT2D eigenvalue weighted by Gasteiger charge is 2.24. The molecule has 0 bridgehead atoms. The molecule has 0 spiro atoms. The molecule has 1 saturated heterocycles. The number of amides is 1. The number of carbonyl (C=O) groups excluding carboxylic acids is 1. The first kappa shape index (κ1) is 20.5. The van der Waals surface area contributed by atoms with Crippen molar-refractivity contribution >= 4 is 28.4 Å². The lowest BCUT2D eigenvalue weighted by molar-refractivity contribution is 0.0827. The minimum absolute atomic E-state index is 0.0721. The molecule has 10 heteroatoms. The van der Waals surface area contributed by atoms with Gasteiger partial charge in [-0.05, 0) is 30.5 Å². The zero-order chi connectivity index (χ0) is 22.1. The summed E-state index contributed by atoms with van der Waals surface area (Å²) in [7, 11) is 3.17. The number of nitrogens with one attached hydrogen (secondary N) is 1. The molecular weight excluding hydrogens is 404 g/mol. The largest absolute Gasteiger partial charge is 0.345 e. The molecule has 2 aromatic heterocycles. The first-order chi connectivity index (χ1) is 14.9. The van der Waals surface area contributed by atoms with E-state index in [4.69, 9.17) is 5.26 Å². The smallest absolute Gasteiger partial charge is 0.253 e. The Bertz CT molecular complexity index is 1180. The maximum absolute atomic E-state index is 14.8. The fourth-order valence-corrected chi connectivity index (χ4v) is 3.80. The van der Waals surface area contributed by atoms with Crippen LogP contribution in [0.1, 0.15) is 16.8 Å². The Morgan fingerprint density at radius 3 is 2.81 bits per heavy atom. The van der Waals surface area contributed by atoms with Crippen molar-refractivity contribution < 1.29 is 13.6 Å². The van der Waals surface area contributed by atoms with Crippen LogP contribution in [0.4, 0.5) is 20.3 Å². The first-order valence-corrected chi connectivity index (χ1v) is 9.79. The molecule has 1 N–H and O–H groups in total. The predicted octanol–water partition coefficient (Wildman–Crippen LogP) is 2.96. The Morgan fingerprint density at radius 2 is 2.13 bits per heavy atom. The molecule has 1 fully saturated rings. The molecule has 0 unspecified atom stereocenters. The van der Waals surface area contributed by atoms with Gasteiger partial charge in [-0.1, -0.05) is 0 Å². The molecule has 160 valence electrons. The zero-order valence-corrected chi connectivity index (χ0v) is 17.1. The van der Waals surface area contributed by atoms with Gasteiger partial charge >= 0.3 is 0 Å². The van der Waals surface area contributed by atoms with E-state index in [1.807, 2.05) is 0 Å². The van der Waals surface area contributed by atoms with E-state index in [1.165, 1.54) is 29.6 Å². The van der Waals surface area contributed by atoms with E-state index in [1.54, 1.807) is 23.6 Å². The number of nitriles is 1. The number of likely N-dealkylation sites (tertiary alicyclic amines) is 1. The van der Waals surface area contributed by atoms with Crippen LogP contribution in [0.15, 0.2) is 30.7 Å². The number of benzene rings is 1. The lowest BCUT2D eigenvalue weighted by Crippen LogP contribution is -2.21. The number of fused-ring (bicyclic) bond motifs is 1. The van der Waals surface area contributed by atoms with Crippen molar-refractivity contribution in [3.8, 4) is 6.19 Å². The molecule has 3 aromatic rings. The number of carbonyl (C=O) groups is 1. The summed E-state index contributed by atoms with van der Waals surface area (Å²) in [4.78, 5) is 23.4. The molecule has 0 radical (unpaired) electrons. The van der Waals surface area contributed by atoms with Gasteiger partial charge in [0, 0.05) is 45.5 Å². The van der Waals surface area contributed by atoms with Crippen molar-refractivity contribution in [2.45, 2.75) is 13.0 Å². The van der Waals surface area contributed by atoms with Gasteiger partial charge in [0.2, 0.25) is 0 Å². The maximum Gasteiger partial charge on any atom is 0.253 e. The van der Waals surface area contributed by atoms with Crippen LogP contribution in [-0.4, -0.2) is 57.4 Å². The summed E-state index contributed by atoms with van der Waals surface area (Å²) in [5, 5.41) is 12.0. The number of rotatable bonds is 5. The van der Waals surface area contributed by atoms with Gasteiger partial charge in [-0.25, -0.2) is 18.7 Å². The van der Waals surface area contributed by atoms with Crippen LogP contribution in [-0.2, 0) is 6.54 Å². The summed E-state index contributed by atoms with van der Waals surface area (Å²) < 4.78 is 31.1. The van der Waals surface area contributed by atoms with Gasteiger partial charge in [0.15, 0.2) is 12.0 Å². The Hall–Kier alpha value is -3.74. The maximum atomic E-state index is 14.8. The summed E-state index contributed by atoms with van der Waals surface area (Å²) in [6.07, 6.45) is 5.62. The predicted molar refractivity (Wildman–Crippen MR) is 110 cm³/mol. The van der Waals surface area contributed by atoms with Gasteiger partial charge in [0.25, 0.3) is 5.91 Å². The summed E-state index contributed by atoms with van der Waals surface area (Å²) in [5.41, 5.74) is 0.675. The summed E-state index contributed by atoms with van der Waals surface area (Å²) in [6.45, 7) is 1.83. The molecule has 1 atom stereocenters. The van der Waals surface area contributed by atoms with E-state index >= 15 is 0 Å². The highest BCUT2D eigenvalue weighted by Crippen LogP contribution is 2.29. The number of nitrogens with zero attached hydrogens (tertiary/aromatic N) is 6. The Morgan fingerprint density at radius 1 is 1.32 bits per heavy atom. The first-order valence-electron chi connectivity index (χ1n) is 9.79. The molecule has 0 saturated carbocycles. The van der Waals surface area contributed by atoms with E-state index in [9.17, 15) is 13.6 Å². The van der Waals surface area contributed by atoms with E-state index in [-0.39, 0.29) is 34.3 Å². The van der Waals surface area contributed by atoms with Crippen LogP contribution in [0, 0.1) is 29.0 Å². The Labute approximate surface area is 177 Å². The SMILES string of the molecule is CN(C)C(=O)c1ccc(Nc2ncnc3c2c(F)cn3C[C@H]2CCN(C#N)C2)c(F)c1. The third kappa shape index (κ3) is 3.99. The summed E-state index contributed by atoms with van der Waals surface area (Å²) >= 11 is 0. The Kier molecular flexibility index (Phi) is 5.42. The molecular formula is C21H21F2N7O. The van der Waals surface area contributed by atoms with Crippen molar-refractivity contribution in [2.75, 3.05) is 32.5 Å². The third-order valence-electron chi connectivity index (χ3n) is 5.36. The summed E-state index contributed by atoms with van der Waals surface area (Å²) in [5.74, 6) is -1.15. The molecule has 31 heavy (non-hydrogen) atoms. The van der Waals surface area contributed by atoms with Gasteiger partial charge in [-0.2, -0.15) is 5.26 Å². The number of hydrogen-bond donors (Lipinski definition) is 1. The molecule has 3 heterocycles. The fourth-order valence-electron chi connectivity index (χ4n) is 3.80. The van der Waals surface area contributed by atoms with Crippen molar-refractivity contribution in [3.05, 3.63) is 47.9 Å². The lowest BCUT2D eigenvalue weighted by atomic mass is 10.1. The van der Waals surface area contributed by atoms with Crippen LogP contribution >= 0.6 is 0 Å². The Balaban J connectivity index is 1.61. The minimum atomic E-state index is -0.651. The number of halogens is 2. The highest BCUT2D eigenvalue weighted by atomic mass is 19.1. The molecule has 1 aliphatic heterocycles. The van der Waals surface area contributed by atoms with Crippen molar-refractivity contribution in [2.24, 2.45) is 5.92 Å². The second-order valence-electron chi connectivity index (χ2n) is 7.77. The van der Waals surface area contributed by atoms with Crippen LogP contribution in [0.3, 0.4) is 0 Å². The average Bonchev–Trinajstić information content (AvgIpc) is 3.34. The van der Waals surface area contributed by atoms with Crippen molar-refractivity contribution in [1.82, 2.24) is 24.3 Å². The molecule has 1 aromatic carbocycles. The molecule has 1 amide bonds. The third-order valence-corrected chi connectivity index (χ3v) is 5.36. The molecule has 8 nitrogen and oxygen atoms in total. The zero-order valence-electron chi connectivity index (χ0n) is 17.1. The van der Waals surface area contributed by atoms with Crippen LogP contribution in [0.2, 0.25) is 0 Å². The minimum Gasteiger partial charge on any atom is -0.345 e. The number of aromatic nitrogens is 3. The monoisotopic (exact) mass is 425 g/mol. The van der Waals surface area contributed by atoms with Crippen LogP contribution in [0.5, 0.6) is 0 Å². The van der Waals surface area contributed by atoms with Crippen LogP contribution < -0.4 is 5.32 Å². The normalized spacial score (nSPS) is 15.8. The van der Waals surface area contributed by atoms with Gasteiger partial charge in [0.05, 0.1) is 11.1 Å². The quantitative estimate of drug-likeness (QED) is 0.632. The van der Waals surface area contributed by atoms with E-state index in [0.29, 0.717) is 25.3 Å². The van der Waals surface area contributed by atoms with Gasteiger partial charge in [0.1, 0.15) is 23.6 Å². The van der Waals surface area contributed by atoms with Gasteiger partial charge in [-0.3, -0.25) is 4.79 Å². The molecule has 0 aliphatic carbocycles. The van der Waals surface area contributed by atoms with E-state index in [2.05, 4.69) is 21.5 Å². The lowest BCUT2D eigenvalue weighted by Gasteiger charge is -2.13. The van der Waals surface area contributed by atoms with E-state index < -0.39 is 11.6 Å². The van der Waals surface area contributed by atoms with Gasteiger partial charge in [-0.15, -0.1) is 0 Å². The second-order valence-corrected chi connectivity index (χ2v) is 7.77. The van der Waals surface area contributed by atoms with Crippen LogP contribution in [0.25, 0.3) is 11.0 Å². The topological polar surface area (TPSA) is 90.1 Å².